The van der Waals surface area contributed by atoms with E-state index in [4.69, 9.17) is 10.5 Å². The van der Waals surface area contributed by atoms with Crippen molar-refractivity contribution >= 4 is 5.91 Å². The molecular weight excluding hydrogens is 238 g/mol. The second-order valence-electron chi connectivity index (χ2n) is 4.56. The lowest BCUT2D eigenvalue weighted by Crippen LogP contribution is -2.30. The van der Waals surface area contributed by atoms with Gasteiger partial charge in [0.1, 0.15) is 5.75 Å². The van der Waals surface area contributed by atoms with Gasteiger partial charge in [-0.25, -0.2) is 0 Å². The van der Waals surface area contributed by atoms with E-state index in [0.29, 0.717) is 5.75 Å². The number of ether oxygens (including phenoxy) is 1. The van der Waals surface area contributed by atoms with Crippen LogP contribution in [0.4, 0.5) is 0 Å². The minimum Gasteiger partial charge on any atom is -0.481 e. The predicted molar refractivity (Wildman–Crippen MR) is 75.9 cm³/mol. The molecule has 0 aliphatic carbocycles. The van der Waals surface area contributed by atoms with E-state index in [1.165, 1.54) is 5.56 Å². The van der Waals surface area contributed by atoms with Crippen molar-refractivity contribution in [1.82, 2.24) is 0 Å². The topological polar surface area (TPSA) is 52.3 Å². The van der Waals surface area contributed by atoms with Crippen molar-refractivity contribution in [3.05, 3.63) is 54.1 Å². The molecule has 2 rings (SSSR count). The van der Waals surface area contributed by atoms with E-state index in [1.54, 1.807) is 6.92 Å². The molecule has 0 spiro atoms. The zero-order valence-corrected chi connectivity index (χ0v) is 11.1. The molecule has 3 heteroatoms. The van der Waals surface area contributed by atoms with Gasteiger partial charge in [0.05, 0.1) is 0 Å². The van der Waals surface area contributed by atoms with Crippen molar-refractivity contribution in [3.63, 3.8) is 0 Å². The maximum Gasteiger partial charge on any atom is 0.258 e. The molecule has 0 radical (unpaired) electrons. The molecular formula is C16H17NO2. The first-order chi connectivity index (χ1) is 9.06. The van der Waals surface area contributed by atoms with Crippen molar-refractivity contribution in [2.45, 2.75) is 20.0 Å². The number of hydrogen-bond donors (Lipinski definition) is 1. The summed E-state index contributed by atoms with van der Waals surface area (Å²) in [5, 5.41) is 0. The third-order valence-electron chi connectivity index (χ3n) is 2.92. The molecule has 0 bridgehead atoms. The van der Waals surface area contributed by atoms with Crippen LogP contribution in [0.5, 0.6) is 5.75 Å². The van der Waals surface area contributed by atoms with Gasteiger partial charge in [-0.05, 0) is 37.1 Å². The van der Waals surface area contributed by atoms with Gasteiger partial charge in [-0.1, -0.05) is 42.0 Å². The molecule has 2 N–H and O–H groups in total. The smallest absolute Gasteiger partial charge is 0.258 e. The molecule has 0 fully saturated rings. The van der Waals surface area contributed by atoms with Crippen LogP contribution in [0.1, 0.15) is 12.5 Å². The number of benzene rings is 2. The third-order valence-corrected chi connectivity index (χ3v) is 2.92. The molecule has 0 heterocycles. The summed E-state index contributed by atoms with van der Waals surface area (Å²) < 4.78 is 5.42. The van der Waals surface area contributed by atoms with Crippen LogP contribution < -0.4 is 10.5 Å². The summed E-state index contributed by atoms with van der Waals surface area (Å²) in [6.07, 6.45) is -0.621. The second kappa shape index (κ2) is 5.57. The van der Waals surface area contributed by atoms with Crippen molar-refractivity contribution in [2.75, 3.05) is 0 Å². The lowest BCUT2D eigenvalue weighted by atomic mass is 10.0. The van der Waals surface area contributed by atoms with Crippen LogP contribution in [0.3, 0.4) is 0 Å². The fraction of sp³-hybridized carbons (Fsp3) is 0.188. The highest BCUT2D eigenvalue weighted by Crippen LogP contribution is 2.23. The summed E-state index contributed by atoms with van der Waals surface area (Å²) in [4.78, 5) is 10.9. The summed E-state index contributed by atoms with van der Waals surface area (Å²) in [6, 6.07) is 15.9. The Morgan fingerprint density at radius 3 is 2.37 bits per heavy atom. The van der Waals surface area contributed by atoms with Crippen LogP contribution in [-0.4, -0.2) is 12.0 Å². The van der Waals surface area contributed by atoms with Crippen LogP contribution in [0.2, 0.25) is 0 Å². The van der Waals surface area contributed by atoms with Gasteiger partial charge in [-0.3, -0.25) is 4.79 Å². The Morgan fingerprint density at radius 1 is 1.11 bits per heavy atom. The van der Waals surface area contributed by atoms with Crippen molar-refractivity contribution in [2.24, 2.45) is 5.73 Å². The summed E-state index contributed by atoms with van der Waals surface area (Å²) in [5.74, 6) is 0.172. The fourth-order valence-corrected chi connectivity index (χ4v) is 1.81. The molecule has 3 nitrogen and oxygen atoms in total. The number of carbonyl (C=O) groups excluding carboxylic acids is 1. The molecule has 0 saturated carbocycles. The van der Waals surface area contributed by atoms with Gasteiger partial charge in [0.2, 0.25) is 0 Å². The second-order valence-corrected chi connectivity index (χ2v) is 4.56. The molecule has 1 atom stereocenters. The van der Waals surface area contributed by atoms with Gasteiger partial charge in [-0.15, -0.1) is 0 Å². The van der Waals surface area contributed by atoms with E-state index in [-0.39, 0.29) is 0 Å². The number of carbonyl (C=O) groups is 1. The van der Waals surface area contributed by atoms with Gasteiger partial charge in [0.15, 0.2) is 6.10 Å². The van der Waals surface area contributed by atoms with E-state index in [1.807, 2.05) is 30.3 Å². The summed E-state index contributed by atoms with van der Waals surface area (Å²) >= 11 is 0. The Kier molecular flexibility index (Phi) is 3.85. The highest BCUT2D eigenvalue weighted by Gasteiger charge is 2.09. The number of aryl methyl sites for hydroxylation is 1. The minimum absolute atomic E-state index is 0.470. The molecule has 0 aliphatic heterocycles. The van der Waals surface area contributed by atoms with Crippen molar-refractivity contribution in [1.29, 1.82) is 0 Å². The molecule has 1 unspecified atom stereocenters. The van der Waals surface area contributed by atoms with E-state index in [0.717, 1.165) is 11.1 Å². The van der Waals surface area contributed by atoms with E-state index >= 15 is 0 Å². The Hall–Kier alpha value is -2.29. The molecule has 2 aromatic carbocycles. The summed E-state index contributed by atoms with van der Waals surface area (Å²) in [7, 11) is 0. The number of hydrogen-bond acceptors (Lipinski definition) is 2. The largest absolute Gasteiger partial charge is 0.481 e. The van der Waals surface area contributed by atoms with E-state index < -0.39 is 12.0 Å². The summed E-state index contributed by atoms with van der Waals surface area (Å²) in [6.45, 7) is 3.70. The molecule has 19 heavy (non-hydrogen) atoms. The number of primary amides is 1. The molecule has 0 aromatic heterocycles. The van der Waals surface area contributed by atoms with Crippen LogP contribution in [0.25, 0.3) is 11.1 Å². The van der Waals surface area contributed by atoms with Gasteiger partial charge >= 0.3 is 0 Å². The molecule has 0 saturated heterocycles. The zero-order chi connectivity index (χ0) is 13.8. The van der Waals surface area contributed by atoms with Crippen LogP contribution in [0.15, 0.2) is 48.5 Å². The average Bonchev–Trinajstić information content (AvgIpc) is 2.39. The molecule has 0 aliphatic rings. The zero-order valence-electron chi connectivity index (χ0n) is 11.1. The van der Waals surface area contributed by atoms with Crippen LogP contribution in [-0.2, 0) is 4.79 Å². The lowest BCUT2D eigenvalue weighted by Gasteiger charge is -2.11. The third kappa shape index (κ3) is 3.35. The Morgan fingerprint density at radius 2 is 1.79 bits per heavy atom. The average molecular weight is 255 g/mol. The van der Waals surface area contributed by atoms with Crippen LogP contribution in [0, 0.1) is 6.92 Å². The predicted octanol–water partition coefficient (Wildman–Crippen LogP) is 2.91. The highest BCUT2D eigenvalue weighted by molar-refractivity contribution is 5.78. The SMILES string of the molecule is Cc1cccc(-c2ccc(OC(C)C(N)=O)cc2)c1. The van der Waals surface area contributed by atoms with Crippen LogP contribution >= 0.6 is 0 Å². The molecule has 98 valence electrons. The highest BCUT2D eigenvalue weighted by atomic mass is 16.5. The van der Waals surface area contributed by atoms with Gasteiger partial charge in [-0.2, -0.15) is 0 Å². The first kappa shape index (κ1) is 13.1. The molecule has 2 aromatic rings. The van der Waals surface area contributed by atoms with Gasteiger partial charge in [0, 0.05) is 0 Å². The Labute approximate surface area is 113 Å². The van der Waals surface area contributed by atoms with E-state index in [9.17, 15) is 4.79 Å². The number of nitrogens with two attached hydrogens (primary N) is 1. The monoisotopic (exact) mass is 255 g/mol. The van der Waals surface area contributed by atoms with Gasteiger partial charge in [0.25, 0.3) is 5.91 Å². The van der Waals surface area contributed by atoms with Crippen molar-refractivity contribution < 1.29 is 9.53 Å². The first-order valence-electron chi connectivity index (χ1n) is 6.19. The Balaban J connectivity index is 2.17. The first-order valence-corrected chi connectivity index (χ1v) is 6.19. The van der Waals surface area contributed by atoms with Gasteiger partial charge < -0.3 is 10.5 Å². The maximum atomic E-state index is 10.9. The normalized spacial score (nSPS) is 11.9. The number of amides is 1. The Bertz CT molecular complexity index is 576. The quantitative estimate of drug-likeness (QED) is 0.913. The van der Waals surface area contributed by atoms with Crippen molar-refractivity contribution in [3.8, 4) is 16.9 Å². The lowest BCUT2D eigenvalue weighted by molar-refractivity contribution is -0.123. The standard InChI is InChI=1S/C16H17NO2/c1-11-4-3-5-14(10-11)13-6-8-15(9-7-13)19-12(2)16(17)18/h3-10,12H,1-2H3,(H2,17,18). The number of rotatable bonds is 4. The van der Waals surface area contributed by atoms with E-state index in [2.05, 4.69) is 25.1 Å². The molecule has 1 amide bonds. The maximum absolute atomic E-state index is 10.9. The summed E-state index contributed by atoms with van der Waals surface area (Å²) in [5.41, 5.74) is 8.66. The minimum atomic E-state index is -0.621. The fourth-order valence-electron chi connectivity index (χ4n) is 1.81.